The second-order valence-corrected chi connectivity index (χ2v) is 5.17. The molecule has 0 bridgehead atoms. The molecule has 4 heteroatoms. The van der Waals surface area contributed by atoms with Crippen molar-refractivity contribution in [2.45, 2.75) is 0 Å². The first-order valence-corrected chi connectivity index (χ1v) is 6.90. The summed E-state index contributed by atoms with van der Waals surface area (Å²) in [6.07, 6.45) is 3.66. The number of benzene rings is 2. The Bertz CT molecular complexity index is 846. The van der Waals surface area contributed by atoms with E-state index in [-0.39, 0.29) is 17.3 Å². The summed E-state index contributed by atoms with van der Waals surface area (Å²) in [6, 6.07) is 12.2. The number of ether oxygens (including phenoxy) is 2. The lowest BCUT2D eigenvalue weighted by atomic mass is 10.1. The third kappa shape index (κ3) is 2.05. The van der Waals surface area contributed by atoms with Gasteiger partial charge < -0.3 is 14.6 Å². The Morgan fingerprint density at radius 3 is 2.86 bits per heavy atom. The molecule has 2 aliphatic heterocycles. The van der Waals surface area contributed by atoms with Crippen molar-refractivity contribution in [2.24, 2.45) is 0 Å². The summed E-state index contributed by atoms with van der Waals surface area (Å²) in [5, 5.41) is 9.46. The monoisotopic (exact) mass is 292 g/mol. The fraction of sp³-hybridized carbons (Fsp3) is 0.0556. The first kappa shape index (κ1) is 12.7. The summed E-state index contributed by atoms with van der Waals surface area (Å²) in [6.45, 7) is 0.388. The number of hydrogen-bond acceptors (Lipinski definition) is 4. The third-order valence-corrected chi connectivity index (χ3v) is 3.62. The van der Waals surface area contributed by atoms with Gasteiger partial charge in [0.1, 0.15) is 23.9 Å². The lowest BCUT2D eigenvalue weighted by Crippen LogP contribution is -2.08. The van der Waals surface area contributed by atoms with Gasteiger partial charge in [-0.25, -0.2) is 0 Å². The highest BCUT2D eigenvalue weighted by atomic mass is 16.5. The maximum absolute atomic E-state index is 12.3. The predicted molar refractivity (Wildman–Crippen MR) is 81.1 cm³/mol. The van der Waals surface area contributed by atoms with E-state index in [4.69, 9.17) is 9.47 Å². The van der Waals surface area contributed by atoms with E-state index < -0.39 is 0 Å². The van der Waals surface area contributed by atoms with Gasteiger partial charge in [-0.05, 0) is 35.9 Å². The summed E-state index contributed by atoms with van der Waals surface area (Å²) >= 11 is 0. The van der Waals surface area contributed by atoms with Crippen LogP contribution in [0.15, 0.2) is 59.9 Å². The van der Waals surface area contributed by atoms with Gasteiger partial charge in [0.25, 0.3) is 0 Å². The van der Waals surface area contributed by atoms with Crippen molar-refractivity contribution >= 4 is 11.9 Å². The van der Waals surface area contributed by atoms with Gasteiger partial charge in [0.05, 0.1) is 5.56 Å². The van der Waals surface area contributed by atoms with Crippen molar-refractivity contribution < 1.29 is 19.4 Å². The highest BCUT2D eigenvalue weighted by molar-refractivity contribution is 6.12. The van der Waals surface area contributed by atoms with Gasteiger partial charge >= 0.3 is 0 Å². The molecule has 108 valence electrons. The number of hydrogen-bond donors (Lipinski definition) is 1. The fourth-order valence-electron chi connectivity index (χ4n) is 2.56. The number of aromatic hydroxyl groups is 1. The zero-order valence-corrected chi connectivity index (χ0v) is 11.6. The number of fused-ring (bicyclic) bond motifs is 2. The number of Topliss-reactive ketones (excluding diaryl/α,β-unsaturated/α-hetero) is 1. The number of carbonyl (C=O) groups excluding carboxylic acids is 1. The molecular weight excluding hydrogens is 280 g/mol. The average molecular weight is 292 g/mol. The Labute approximate surface area is 126 Å². The Balaban J connectivity index is 1.68. The molecule has 0 spiro atoms. The van der Waals surface area contributed by atoms with Gasteiger partial charge in [0, 0.05) is 11.6 Å². The number of ketones is 1. The van der Waals surface area contributed by atoms with Crippen LogP contribution in [0.4, 0.5) is 0 Å². The van der Waals surface area contributed by atoms with Gasteiger partial charge in [-0.3, -0.25) is 4.79 Å². The van der Waals surface area contributed by atoms with Crippen LogP contribution in [-0.2, 0) is 0 Å². The van der Waals surface area contributed by atoms with Gasteiger partial charge in [-0.1, -0.05) is 18.2 Å². The van der Waals surface area contributed by atoms with E-state index in [2.05, 4.69) is 0 Å². The molecule has 0 unspecified atom stereocenters. The van der Waals surface area contributed by atoms with Gasteiger partial charge in [-0.2, -0.15) is 0 Å². The molecular formula is C18H12O4. The first-order valence-electron chi connectivity index (χ1n) is 6.90. The van der Waals surface area contributed by atoms with E-state index in [1.54, 1.807) is 12.1 Å². The number of para-hydroxylation sites is 1. The van der Waals surface area contributed by atoms with Crippen LogP contribution in [0, 0.1) is 0 Å². The van der Waals surface area contributed by atoms with Crippen molar-refractivity contribution in [1.82, 2.24) is 0 Å². The van der Waals surface area contributed by atoms with Crippen LogP contribution < -0.4 is 9.47 Å². The van der Waals surface area contributed by atoms with E-state index in [1.807, 2.05) is 30.3 Å². The molecule has 0 aliphatic carbocycles. The molecule has 1 N–H and O–H groups in total. The topological polar surface area (TPSA) is 55.8 Å². The minimum Gasteiger partial charge on any atom is -0.508 e. The number of phenols is 1. The molecule has 2 aromatic rings. The number of rotatable bonds is 1. The summed E-state index contributed by atoms with van der Waals surface area (Å²) in [5.41, 5.74) is 2.29. The highest BCUT2D eigenvalue weighted by Gasteiger charge is 2.28. The SMILES string of the molecule is O=C1/C(=C/C2=Cc3ccccc3OC2)Oc2cc(O)ccc21. The largest absolute Gasteiger partial charge is 0.508 e. The van der Waals surface area contributed by atoms with Gasteiger partial charge in [0.2, 0.25) is 5.78 Å². The molecule has 4 rings (SSSR count). The highest BCUT2D eigenvalue weighted by Crippen LogP contribution is 2.35. The van der Waals surface area contributed by atoms with Crippen LogP contribution in [-0.4, -0.2) is 17.5 Å². The average Bonchev–Trinajstić information content (AvgIpc) is 2.82. The molecule has 4 nitrogen and oxygen atoms in total. The van der Waals surface area contributed by atoms with Crippen molar-refractivity contribution in [1.29, 1.82) is 0 Å². The van der Waals surface area contributed by atoms with Crippen LogP contribution in [0.1, 0.15) is 15.9 Å². The van der Waals surface area contributed by atoms with E-state index in [1.165, 1.54) is 12.1 Å². The Morgan fingerprint density at radius 2 is 1.95 bits per heavy atom. The number of allylic oxidation sites excluding steroid dienone is 1. The van der Waals surface area contributed by atoms with Crippen molar-refractivity contribution in [3.63, 3.8) is 0 Å². The second-order valence-electron chi connectivity index (χ2n) is 5.17. The number of carbonyl (C=O) groups is 1. The van der Waals surface area contributed by atoms with Crippen LogP contribution in [0.3, 0.4) is 0 Å². The molecule has 0 radical (unpaired) electrons. The third-order valence-electron chi connectivity index (χ3n) is 3.62. The zero-order valence-electron chi connectivity index (χ0n) is 11.6. The molecule has 2 aromatic carbocycles. The molecule has 0 saturated carbocycles. The van der Waals surface area contributed by atoms with Crippen molar-refractivity contribution in [3.8, 4) is 17.2 Å². The minimum absolute atomic E-state index is 0.0712. The molecule has 0 amide bonds. The van der Waals surface area contributed by atoms with Gasteiger partial charge in [-0.15, -0.1) is 0 Å². The van der Waals surface area contributed by atoms with Crippen molar-refractivity contribution in [2.75, 3.05) is 6.61 Å². The molecule has 0 saturated heterocycles. The maximum Gasteiger partial charge on any atom is 0.231 e. The van der Waals surface area contributed by atoms with E-state index in [9.17, 15) is 9.90 Å². The quantitative estimate of drug-likeness (QED) is 0.819. The van der Waals surface area contributed by atoms with E-state index >= 15 is 0 Å². The molecule has 22 heavy (non-hydrogen) atoms. The lowest BCUT2D eigenvalue weighted by molar-refractivity contribution is 0.101. The summed E-state index contributed by atoms with van der Waals surface area (Å²) in [4.78, 5) is 12.3. The Hall–Kier alpha value is -3.01. The van der Waals surface area contributed by atoms with E-state index in [0.717, 1.165) is 16.9 Å². The smallest absolute Gasteiger partial charge is 0.231 e. The molecule has 0 fully saturated rings. The maximum atomic E-state index is 12.3. The fourth-order valence-corrected chi connectivity index (χ4v) is 2.56. The summed E-state index contributed by atoms with van der Waals surface area (Å²) in [7, 11) is 0. The van der Waals surface area contributed by atoms with Crippen LogP contribution in [0.25, 0.3) is 6.08 Å². The first-order chi connectivity index (χ1) is 10.7. The predicted octanol–water partition coefficient (Wildman–Crippen LogP) is 3.33. The van der Waals surface area contributed by atoms with E-state index in [0.29, 0.717) is 17.9 Å². The molecule has 2 aliphatic rings. The molecule has 2 heterocycles. The second kappa shape index (κ2) is 4.77. The van der Waals surface area contributed by atoms with Crippen LogP contribution >= 0.6 is 0 Å². The summed E-state index contributed by atoms with van der Waals surface area (Å²) in [5.74, 6) is 1.34. The molecule has 0 atom stereocenters. The normalized spacial score (nSPS) is 17.4. The van der Waals surface area contributed by atoms with Crippen LogP contribution in [0.5, 0.6) is 17.2 Å². The molecule has 0 aromatic heterocycles. The Kier molecular flexibility index (Phi) is 2.76. The number of phenolic OH excluding ortho intramolecular Hbond substituents is 1. The lowest BCUT2D eigenvalue weighted by Gasteiger charge is -2.15. The summed E-state index contributed by atoms with van der Waals surface area (Å²) < 4.78 is 11.2. The standard InChI is InChI=1S/C18H12O4/c19-13-5-6-14-16(9-13)22-17(18(14)20)8-11-7-12-3-1-2-4-15(12)21-10-11/h1-9,19H,10H2/b17-8-. The van der Waals surface area contributed by atoms with Gasteiger partial charge in [0.15, 0.2) is 5.76 Å². The van der Waals surface area contributed by atoms with Crippen molar-refractivity contribution in [3.05, 3.63) is 71.0 Å². The minimum atomic E-state index is -0.185. The van der Waals surface area contributed by atoms with Crippen LogP contribution in [0.2, 0.25) is 0 Å². The Morgan fingerprint density at radius 1 is 1.09 bits per heavy atom. The zero-order chi connectivity index (χ0) is 15.1.